The molecule has 0 fully saturated rings. The molecule has 0 aliphatic carbocycles. The van der Waals surface area contributed by atoms with Crippen LogP contribution in [0.5, 0.6) is 0 Å². The number of carbonyl (C=O) groups excluding carboxylic acids is 2. The van der Waals surface area contributed by atoms with Gasteiger partial charge in [-0.1, -0.05) is 24.3 Å². The zero-order chi connectivity index (χ0) is 24.7. The standard InChI is InChI=1S/C28H25FN4O2/c1-15-6-8-22(29)26-25(15)21(16(2)32-26)10-11-31-28(35)24-14-20-13-18(7-9-23(20)33-24)17-4-3-5-19(12-17)27(30)34/h3-9,12-14,32-33H,10-11H2,1-2H3,(H2,30,34)(H,31,35). The van der Waals surface area contributed by atoms with Crippen LogP contribution < -0.4 is 11.1 Å². The fourth-order valence-corrected chi connectivity index (χ4v) is 4.64. The number of H-pyrrole nitrogens is 2. The molecule has 0 aliphatic heterocycles. The molecule has 0 radical (unpaired) electrons. The van der Waals surface area contributed by atoms with E-state index in [4.69, 9.17) is 5.73 Å². The van der Waals surface area contributed by atoms with Crippen LogP contribution in [0.1, 0.15) is 37.7 Å². The number of hydrogen-bond acceptors (Lipinski definition) is 2. The molecule has 0 saturated carbocycles. The Hall–Kier alpha value is -4.39. The lowest BCUT2D eigenvalue weighted by Crippen LogP contribution is -2.26. The first kappa shape index (κ1) is 22.4. The maximum atomic E-state index is 14.2. The van der Waals surface area contributed by atoms with E-state index in [1.54, 1.807) is 24.3 Å². The summed E-state index contributed by atoms with van der Waals surface area (Å²) in [6.45, 7) is 4.30. The number of aromatic nitrogens is 2. The molecule has 35 heavy (non-hydrogen) atoms. The van der Waals surface area contributed by atoms with Gasteiger partial charge in [-0.25, -0.2) is 4.39 Å². The Bertz CT molecular complexity index is 1610. The maximum Gasteiger partial charge on any atom is 0.267 e. The van der Waals surface area contributed by atoms with Crippen LogP contribution in [0.25, 0.3) is 32.9 Å². The first-order valence-corrected chi connectivity index (χ1v) is 11.4. The number of hydrogen-bond donors (Lipinski definition) is 4. The highest BCUT2D eigenvalue weighted by Gasteiger charge is 2.15. The van der Waals surface area contributed by atoms with Crippen LogP contribution in [0, 0.1) is 19.7 Å². The fraction of sp³-hybridized carbons (Fsp3) is 0.143. The lowest BCUT2D eigenvalue weighted by molar-refractivity contribution is 0.0948. The highest BCUT2D eigenvalue weighted by Crippen LogP contribution is 2.28. The zero-order valence-electron chi connectivity index (χ0n) is 19.5. The van der Waals surface area contributed by atoms with Crippen LogP contribution >= 0.6 is 0 Å². The van der Waals surface area contributed by atoms with E-state index in [9.17, 15) is 14.0 Å². The number of fused-ring (bicyclic) bond motifs is 2. The third-order valence-electron chi connectivity index (χ3n) is 6.44. The summed E-state index contributed by atoms with van der Waals surface area (Å²) in [6, 6.07) is 18.0. The van der Waals surface area contributed by atoms with E-state index in [0.29, 0.717) is 29.7 Å². The molecule has 0 spiro atoms. The van der Waals surface area contributed by atoms with Gasteiger partial charge in [0, 0.05) is 34.1 Å². The topological polar surface area (TPSA) is 104 Å². The van der Waals surface area contributed by atoms with Gasteiger partial charge in [0.05, 0.1) is 5.52 Å². The molecule has 5 N–H and O–H groups in total. The number of aromatic amines is 2. The predicted octanol–water partition coefficient (Wildman–Crippen LogP) is 5.14. The molecule has 0 atom stereocenters. The lowest BCUT2D eigenvalue weighted by Gasteiger charge is -2.06. The van der Waals surface area contributed by atoms with Crippen molar-refractivity contribution in [1.82, 2.24) is 15.3 Å². The molecule has 2 aromatic heterocycles. The van der Waals surface area contributed by atoms with Gasteiger partial charge in [0.2, 0.25) is 5.91 Å². The highest BCUT2D eigenvalue weighted by molar-refractivity contribution is 5.99. The number of nitrogens with one attached hydrogen (secondary N) is 3. The average molecular weight is 469 g/mol. The molecule has 5 aromatic rings. The third kappa shape index (κ3) is 4.17. The second kappa shape index (κ2) is 8.76. The summed E-state index contributed by atoms with van der Waals surface area (Å²) >= 11 is 0. The van der Waals surface area contributed by atoms with Crippen molar-refractivity contribution >= 4 is 33.6 Å². The second-order valence-corrected chi connectivity index (χ2v) is 8.78. The van der Waals surface area contributed by atoms with Crippen molar-refractivity contribution in [3.05, 3.63) is 94.6 Å². The van der Waals surface area contributed by atoms with Gasteiger partial charge in [-0.2, -0.15) is 0 Å². The summed E-state index contributed by atoms with van der Waals surface area (Å²) in [7, 11) is 0. The fourth-order valence-electron chi connectivity index (χ4n) is 4.64. The number of benzene rings is 3. The van der Waals surface area contributed by atoms with Crippen LogP contribution in [-0.2, 0) is 6.42 Å². The summed E-state index contributed by atoms with van der Waals surface area (Å²) in [6.07, 6.45) is 0.586. The molecule has 2 amide bonds. The van der Waals surface area contributed by atoms with E-state index in [-0.39, 0.29) is 11.7 Å². The van der Waals surface area contributed by atoms with Crippen LogP contribution in [0.15, 0.2) is 60.7 Å². The molecular weight excluding hydrogens is 443 g/mol. The van der Waals surface area contributed by atoms with Crippen molar-refractivity contribution in [2.75, 3.05) is 6.54 Å². The van der Waals surface area contributed by atoms with Gasteiger partial charge in [0.15, 0.2) is 0 Å². The molecule has 0 unspecified atom stereocenters. The van der Waals surface area contributed by atoms with Gasteiger partial charge in [0.25, 0.3) is 5.91 Å². The molecule has 0 bridgehead atoms. The number of rotatable bonds is 6. The maximum absolute atomic E-state index is 14.2. The summed E-state index contributed by atoms with van der Waals surface area (Å²) in [5, 5.41) is 4.73. The van der Waals surface area contributed by atoms with Gasteiger partial charge < -0.3 is 21.0 Å². The zero-order valence-corrected chi connectivity index (χ0v) is 19.5. The first-order valence-electron chi connectivity index (χ1n) is 11.4. The summed E-state index contributed by atoms with van der Waals surface area (Å²) in [5.74, 6) is -0.960. The molecule has 0 saturated heterocycles. The number of primary amides is 1. The van der Waals surface area contributed by atoms with Crippen molar-refractivity contribution in [1.29, 1.82) is 0 Å². The Balaban J connectivity index is 1.32. The Kier molecular flexibility index (Phi) is 5.61. The Morgan fingerprint density at radius 1 is 0.971 bits per heavy atom. The molecule has 5 rings (SSSR count). The quantitative estimate of drug-likeness (QED) is 0.277. The summed E-state index contributed by atoms with van der Waals surface area (Å²) < 4.78 is 14.2. The highest BCUT2D eigenvalue weighted by atomic mass is 19.1. The van der Waals surface area contributed by atoms with E-state index in [0.717, 1.165) is 44.2 Å². The van der Waals surface area contributed by atoms with Crippen molar-refractivity contribution in [3.8, 4) is 11.1 Å². The smallest absolute Gasteiger partial charge is 0.267 e. The normalized spacial score (nSPS) is 11.3. The second-order valence-electron chi connectivity index (χ2n) is 8.78. The molecule has 3 aromatic carbocycles. The number of carbonyl (C=O) groups is 2. The first-order chi connectivity index (χ1) is 16.8. The van der Waals surface area contributed by atoms with Crippen LogP contribution in [0.2, 0.25) is 0 Å². The molecule has 7 heteroatoms. The van der Waals surface area contributed by atoms with E-state index in [2.05, 4.69) is 15.3 Å². The Morgan fingerprint density at radius 2 is 1.77 bits per heavy atom. The predicted molar refractivity (Wildman–Crippen MR) is 136 cm³/mol. The van der Waals surface area contributed by atoms with E-state index in [1.165, 1.54) is 6.07 Å². The monoisotopic (exact) mass is 468 g/mol. The molecule has 176 valence electrons. The van der Waals surface area contributed by atoms with Gasteiger partial charge >= 0.3 is 0 Å². The van der Waals surface area contributed by atoms with E-state index >= 15 is 0 Å². The van der Waals surface area contributed by atoms with E-state index in [1.807, 2.05) is 44.2 Å². The number of amides is 2. The van der Waals surface area contributed by atoms with Crippen LogP contribution in [0.4, 0.5) is 4.39 Å². The van der Waals surface area contributed by atoms with Crippen molar-refractivity contribution in [2.45, 2.75) is 20.3 Å². The average Bonchev–Trinajstić information content (AvgIpc) is 3.43. The number of aryl methyl sites for hydroxylation is 2. The molecule has 0 aliphatic rings. The van der Waals surface area contributed by atoms with E-state index < -0.39 is 5.91 Å². The van der Waals surface area contributed by atoms with Crippen LogP contribution in [0.3, 0.4) is 0 Å². The Morgan fingerprint density at radius 3 is 2.57 bits per heavy atom. The van der Waals surface area contributed by atoms with Gasteiger partial charge in [0.1, 0.15) is 11.5 Å². The summed E-state index contributed by atoms with van der Waals surface area (Å²) in [5.41, 5.74) is 12.4. The SMILES string of the molecule is Cc1[nH]c2c(F)ccc(C)c2c1CCNC(=O)c1cc2cc(-c3cccc(C(N)=O)c3)ccc2[nH]1. The van der Waals surface area contributed by atoms with Crippen LogP contribution in [-0.4, -0.2) is 28.3 Å². The third-order valence-corrected chi connectivity index (χ3v) is 6.44. The van der Waals surface area contributed by atoms with Gasteiger partial charge in [-0.3, -0.25) is 9.59 Å². The lowest BCUT2D eigenvalue weighted by atomic mass is 10.0. The largest absolute Gasteiger partial charge is 0.366 e. The van der Waals surface area contributed by atoms with Crippen molar-refractivity contribution in [2.24, 2.45) is 5.73 Å². The Labute approximate surface area is 201 Å². The molecular formula is C28H25FN4O2. The minimum absolute atomic E-state index is 0.209. The van der Waals surface area contributed by atoms with Crippen molar-refractivity contribution < 1.29 is 14.0 Å². The number of halogens is 1. The van der Waals surface area contributed by atoms with Gasteiger partial charge in [-0.05, 0) is 78.9 Å². The van der Waals surface area contributed by atoms with Crippen molar-refractivity contribution in [3.63, 3.8) is 0 Å². The minimum Gasteiger partial charge on any atom is -0.366 e. The molecule has 2 heterocycles. The summed E-state index contributed by atoms with van der Waals surface area (Å²) in [4.78, 5) is 30.6. The minimum atomic E-state index is -0.475. The number of nitrogens with two attached hydrogens (primary N) is 1. The molecule has 6 nitrogen and oxygen atoms in total. The van der Waals surface area contributed by atoms with Gasteiger partial charge in [-0.15, -0.1) is 0 Å².